The summed E-state index contributed by atoms with van der Waals surface area (Å²) >= 11 is 0. The van der Waals surface area contributed by atoms with Crippen LogP contribution in [0.5, 0.6) is 0 Å². The second kappa shape index (κ2) is 7.10. The summed E-state index contributed by atoms with van der Waals surface area (Å²) in [6, 6.07) is 11.3. The molecule has 1 aromatic carbocycles. The van der Waals surface area contributed by atoms with Gasteiger partial charge < -0.3 is 10.6 Å². The monoisotopic (exact) mass is 267 g/mol. The Kier molecular flexibility index (Phi) is 4.90. The zero-order chi connectivity index (χ0) is 14.2. The third-order valence-electron chi connectivity index (χ3n) is 2.79. The highest BCUT2D eigenvalue weighted by atomic mass is 15.1. The van der Waals surface area contributed by atoms with Gasteiger partial charge in [0.2, 0.25) is 5.95 Å². The zero-order valence-electron chi connectivity index (χ0n) is 11.4. The van der Waals surface area contributed by atoms with Gasteiger partial charge in [-0.2, -0.15) is 10.2 Å². The normalized spacial score (nSPS) is 9.80. The van der Waals surface area contributed by atoms with Crippen LogP contribution in [0.15, 0.2) is 36.5 Å². The molecule has 2 N–H and O–H groups in total. The van der Waals surface area contributed by atoms with Crippen molar-refractivity contribution >= 4 is 17.5 Å². The number of aromatic nitrogens is 2. The third kappa shape index (κ3) is 3.69. The van der Waals surface area contributed by atoms with E-state index in [4.69, 9.17) is 5.26 Å². The highest BCUT2D eigenvalue weighted by Gasteiger charge is 2.03. The van der Waals surface area contributed by atoms with Crippen molar-refractivity contribution in [2.24, 2.45) is 0 Å². The van der Waals surface area contributed by atoms with E-state index in [1.165, 1.54) is 0 Å². The van der Waals surface area contributed by atoms with E-state index >= 15 is 0 Å². The lowest BCUT2D eigenvalue weighted by Gasteiger charge is -2.08. The van der Waals surface area contributed by atoms with Crippen LogP contribution in [0.3, 0.4) is 0 Å². The van der Waals surface area contributed by atoms with Gasteiger partial charge in [0.15, 0.2) is 0 Å². The van der Waals surface area contributed by atoms with Crippen LogP contribution in [-0.4, -0.2) is 16.5 Å². The lowest BCUT2D eigenvalue weighted by molar-refractivity contribution is 0.830. The number of nitrogens with one attached hydrogen (secondary N) is 2. The number of anilines is 3. The lowest BCUT2D eigenvalue weighted by atomic mass is 10.2. The Hall–Kier alpha value is -2.61. The molecule has 1 aromatic heterocycles. The largest absolute Gasteiger partial charge is 0.370 e. The number of rotatable bonds is 6. The molecule has 0 saturated carbocycles. The molecule has 2 aromatic rings. The van der Waals surface area contributed by atoms with Gasteiger partial charge in [0.25, 0.3) is 0 Å². The quantitative estimate of drug-likeness (QED) is 0.785. The summed E-state index contributed by atoms with van der Waals surface area (Å²) in [7, 11) is 0. The van der Waals surface area contributed by atoms with Crippen LogP contribution in [0, 0.1) is 11.3 Å². The van der Waals surface area contributed by atoms with E-state index in [1.807, 2.05) is 24.3 Å². The average molecular weight is 267 g/mol. The van der Waals surface area contributed by atoms with Crippen LogP contribution >= 0.6 is 0 Å². The molecule has 20 heavy (non-hydrogen) atoms. The molecule has 0 aliphatic rings. The number of hydrogen-bond donors (Lipinski definition) is 2. The molecule has 0 radical (unpaired) electrons. The summed E-state index contributed by atoms with van der Waals surface area (Å²) in [4.78, 5) is 8.54. The molecule has 0 saturated heterocycles. The number of para-hydroxylation sites is 1. The molecule has 5 nitrogen and oxygen atoms in total. The van der Waals surface area contributed by atoms with Crippen molar-refractivity contribution < 1.29 is 0 Å². The highest BCUT2D eigenvalue weighted by Crippen LogP contribution is 2.18. The molecule has 0 bridgehead atoms. The average Bonchev–Trinajstić information content (AvgIpc) is 2.48. The summed E-state index contributed by atoms with van der Waals surface area (Å²) in [6.07, 6.45) is 3.93. The predicted octanol–water partition coefficient (Wildman–Crippen LogP) is 3.30. The minimum absolute atomic E-state index is 0.481. The Labute approximate surface area is 118 Å². The van der Waals surface area contributed by atoms with Crippen LogP contribution in [0.2, 0.25) is 0 Å². The molecule has 2 rings (SSSR count). The van der Waals surface area contributed by atoms with E-state index < -0.39 is 0 Å². The molecular weight excluding hydrogens is 250 g/mol. The van der Waals surface area contributed by atoms with Crippen LogP contribution < -0.4 is 10.6 Å². The first-order valence-corrected chi connectivity index (χ1v) is 6.66. The molecule has 5 heteroatoms. The Morgan fingerprint density at radius 3 is 2.90 bits per heavy atom. The van der Waals surface area contributed by atoms with E-state index in [-0.39, 0.29) is 0 Å². The van der Waals surface area contributed by atoms with E-state index in [9.17, 15) is 0 Å². The van der Waals surface area contributed by atoms with Gasteiger partial charge >= 0.3 is 0 Å². The third-order valence-corrected chi connectivity index (χ3v) is 2.79. The predicted molar refractivity (Wildman–Crippen MR) is 79.9 cm³/mol. The lowest BCUT2D eigenvalue weighted by Crippen LogP contribution is -2.05. The summed E-state index contributed by atoms with van der Waals surface area (Å²) in [5.41, 5.74) is 1.28. The van der Waals surface area contributed by atoms with Crippen LogP contribution in [0.1, 0.15) is 25.3 Å². The van der Waals surface area contributed by atoms with Crippen LogP contribution in [-0.2, 0) is 0 Å². The Morgan fingerprint density at radius 1 is 1.25 bits per heavy atom. The second-order valence-corrected chi connectivity index (χ2v) is 4.33. The molecule has 0 aliphatic heterocycles. The number of nitrogens with zero attached hydrogens (tertiary/aromatic N) is 3. The van der Waals surface area contributed by atoms with Crippen molar-refractivity contribution in [3.63, 3.8) is 0 Å². The topological polar surface area (TPSA) is 73.6 Å². The molecule has 102 valence electrons. The van der Waals surface area contributed by atoms with E-state index in [0.29, 0.717) is 17.2 Å². The molecule has 0 fully saturated rings. The van der Waals surface area contributed by atoms with Crippen LogP contribution in [0.25, 0.3) is 0 Å². The fraction of sp³-hybridized carbons (Fsp3) is 0.267. The molecule has 1 heterocycles. The first-order valence-electron chi connectivity index (χ1n) is 6.66. The summed E-state index contributed by atoms with van der Waals surface area (Å²) in [6.45, 7) is 3.04. The SMILES string of the molecule is CCCCNc1ccnc(Nc2ccccc2C#N)n1. The van der Waals surface area contributed by atoms with Gasteiger partial charge in [-0.15, -0.1) is 0 Å². The van der Waals surface area contributed by atoms with Gasteiger partial charge in [-0.3, -0.25) is 0 Å². The summed E-state index contributed by atoms with van der Waals surface area (Å²) in [5.74, 6) is 1.26. The minimum atomic E-state index is 0.481. The van der Waals surface area contributed by atoms with Crippen molar-refractivity contribution in [2.75, 3.05) is 17.2 Å². The maximum Gasteiger partial charge on any atom is 0.229 e. The minimum Gasteiger partial charge on any atom is -0.370 e. The molecular formula is C15H17N5. The summed E-state index contributed by atoms with van der Waals surface area (Å²) < 4.78 is 0. The fourth-order valence-electron chi connectivity index (χ4n) is 1.72. The molecule has 0 unspecified atom stereocenters. The van der Waals surface area contributed by atoms with Crippen molar-refractivity contribution in [2.45, 2.75) is 19.8 Å². The summed E-state index contributed by atoms with van der Waals surface area (Å²) in [5, 5.41) is 15.4. The van der Waals surface area contributed by atoms with Crippen LogP contribution in [0.4, 0.5) is 17.5 Å². The van der Waals surface area contributed by atoms with Crippen molar-refractivity contribution in [1.82, 2.24) is 9.97 Å². The zero-order valence-corrected chi connectivity index (χ0v) is 11.4. The Bertz CT molecular complexity index is 603. The Balaban J connectivity index is 2.10. The maximum absolute atomic E-state index is 9.05. The first kappa shape index (κ1) is 13.8. The molecule has 0 atom stereocenters. The standard InChI is InChI=1S/C15H17N5/c1-2-3-9-17-14-8-10-18-15(20-14)19-13-7-5-4-6-12(13)11-16/h4-8,10H,2-3,9H2,1H3,(H2,17,18,19,20). The fourth-order valence-corrected chi connectivity index (χ4v) is 1.72. The van der Waals surface area contributed by atoms with E-state index in [0.717, 1.165) is 25.2 Å². The number of unbranched alkanes of at least 4 members (excludes halogenated alkanes) is 1. The number of hydrogen-bond acceptors (Lipinski definition) is 5. The van der Waals surface area contributed by atoms with E-state index in [2.05, 4.69) is 33.6 Å². The smallest absolute Gasteiger partial charge is 0.229 e. The Morgan fingerprint density at radius 2 is 2.10 bits per heavy atom. The number of nitriles is 1. The van der Waals surface area contributed by atoms with Gasteiger partial charge in [-0.25, -0.2) is 4.98 Å². The second-order valence-electron chi connectivity index (χ2n) is 4.33. The number of benzene rings is 1. The van der Waals surface area contributed by atoms with Gasteiger partial charge in [0.05, 0.1) is 11.3 Å². The van der Waals surface area contributed by atoms with Crippen molar-refractivity contribution in [1.29, 1.82) is 5.26 Å². The van der Waals surface area contributed by atoms with Gasteiger partial charge in [-0.1, -0.05) is 25.5 Å². The highest BCUT2D eigenvalue weighted by molar-refractivity contribution is 5.63. The maximum atomic E-state index is 9.05. The van der Waals surface area contributed by atoms with E-state index in [1.54, 1.807) is 12.3 Å². The molecule has 0 amide bonds. The molecule has 0 spiro atoms. The van der Waals surface area contributed by atoms with Gasteiger partial charge in [0.1, 0.15) is 11.9 Å². The van der Waals surface area contributed by atoms with Crippen molar-refractivity contribution in [3.8, 4) is 6.07 Å². The van der Waals surface area contributed by atoms with Gasteiger partial charge in [0, 0.05) is 12.7 Å². The van der Waals surface area contributed by atoms with Crippen molar-refractivity contribution in [3.05, 3.63) is 42.1 Å². The molecule has 0 aliphatic carbocycles. The van der Waals surface area contributed by atoms with Gasteiger partial charge in [-0.05, 0) is 24.6 Å². The first-order chi connectivity index (χ1) is 9.83.